The fraction of sp³-hybridized carbons (Fsp3) is 0.667. The number of hydrogen-bond acceptors (Lipinski definition) is 3. The number of aliphatic hydroxyl groups is 1. The minimum absolute atomic E-state index is 0.145. The number of hydrogen-bond donors (Lipinski definition) is 1. The third kappa shape index (κ3) is 2.06. The smallest absolute Gasteiger partial charge is 0.253 e. The molecule has 1 heterocycles. The van der Waals surface area contributed by atoms with E-state index >= 15 is 0 Å². The number of carbonyl (C=O) groups excluding carboxylic acids is 1. The summed E-state index contributed by atoms with van der Waals surface area (Å²) in [5.41, 5.74) is 0.775. The molecule has 1 radical (unpaired) electrons. The molecule has 13 heavy (non-hydrogen) atoms. The predicted molar refractivity (Wildman–Crippen MR) is 49.5 cm³/mol. The Morgan fingerprint density at radius 1 is 1.69 bits per heavy atom. The molecule has 1 aliphatic heterocycles. The van der Waals surface area contributed by atoms with E-state index in [-0.39, 0.29) is 5.91 Å². The van der Waals surface area contributed by atoms with Crippen LogP contribution < -0.4 is 0 Å². The lowest BCUT2D eigenvalue weighted by Crippen LogP contribution is -2.25. The van der Waals surface area contributed by atoms with Gasteiger partial charge in [-0.05, 0) is 12.8 Å². The highest BCUT2D eigenvalue weighted by Gasteiger charge is 2.32. The first kappa shape index (κ1) is 10.2. The Morgan fingerprint density at radius 3 is 2.92 bits per heavy atom. The fourth-order valence-electron chi connectivity index (χ4n) is 1.36. The average molecular weight is 183 g/mol. The zero-order valence-corrected chi connectivity index (χ0v) is 8.03. The summed E-state index contributed by atoms with van der Waals surface area (Å²) in [6.07, 6.45) is 2.85. The highest BCUT2D eigenvalue weighted by atomic mass is 16.3. The number of nitrogens with zero attached hydrogens (tertiary/aromatic N) is 2. The van der Waals surface area contributed by atoms with Crippen LogP contribution in [0.5, 0.6) is 0 Å². The second-order valence-electron chi connectivity index (χ2n) is 3.18. The van der Waals surface area contributed by atoms with Gasteiger partial charge < -0.3 is 5.11 Å². The molecule has 0 aromatic heterocycles. The molecule has 4 nitrogen and oxygen atoms in total. The molecular formula is C9H15N2O2. The third-order valence-electron chi connectivity index (χ3n) is 2.16. The molecule has 1 N–H and O–H groups in total. The van der Waals surface area contributed by atoms with Crippen molar-refractivity contribution in [3.63, 3.8) is 0 Å². The van der Waals surface area contributed by atoms with Gasteiger partial charge in [-0.15, -0.1) is 0 Å². The molecule has 0 bridgehead atoms. The van der Waals surface area contributed by atoms with E-state index < -0.39 is 5.92 Å². The Bertz CT molecular complexity index is 226. The van der Waals surface area contributed by atoms with Gasteiger partial charge in [0.05, 0.1) is 12.3 Å². The summed E-state index contributed by atoms with van der Waals surface area (Å²) >= 11 is 0. The normalized spacial score (nSPS) is 22.4. The first-order valence-electron chi connectivity index (χ1n) is 4.53. The summed E-state index contributed by atoms with van der Waals surface area (Å²) in [4.78, 5) is 11.3. The van der Waals surface area contributed by atoms with Gasteiger partial charge in [-0.25, -0.2) is 5.01 Å². The lowest BCUT2D eigenvalue weighted by molar-refractivity contribution is -0.130. The molecule has 0 fully saturated rings. The first-order valence-corrected chi connectivity index (χ1v) is 4.53. The van der Waals surface area contributed by atoms with Crippen LogP contribution in [0, 0.1) is 12.5 Å². The Labute approximate surface area is 78.2 Å². The maximum atomic E-state index is 11.3. The second kappa shape index (κ2) is 4.37. The minimum Gasteiger partial charge on any atom is -0.389 e. The highest BCUT2D eigenvalue weighted by Crippen LogP contribution is 2.19. The zero-order valence-electron chi connectivity index (χ0n) is 8.03. The van der Waals surface area contributed by atoms with Crippen molar-refractivity contribution in [1.29, 1.82) is 0 Å². The number of rotatable bonds is 4. The zero-order chi connectivity index (χ0) is 9.84. The monoisotopic (exact) mass is 183 g/mol. The van der Waals surface area contributed by atoms with E-state index in [9.17, 15) is 4.79 Å². The lowest BCUT2D eigenvalue weighted by atomic mass is 10.00. The number of hydrazone groups is 1. The Kier molecular flexibility index (Phi) is 3.42. The lowest BCUT2D eigenvalue weighted by Gasteiger charge is -2.06. The number of unbranched alkanes of at least 4 members (excludes halogenated alkanes) is 1. The summed E-state index contributed by atoms with van der Waals surface area (Å²) in [7, 11) is 1.61. The molecule has 1 amide bonds. The van der Waals surface area contributed by atoms with Crippen LogP contribution >= 0.6 is 0 Å². The van der Waals surface area contributed by atoms with Gasteiger partial charge in [0.25, 0.3) is 5.91 Å². The van der Waals surface area contributed by atoms with Gasteiger partial charge in [0.2, 0.25) is 0 Å². The second-order valence-corrected chi connectivity index (χ2v) is 3.18. The quantitative estimate of drug-likeness (QED) is 0.711. The Hall–Kier alpha value is -0.900. The van der Waals surface area contributed by atoms with Gasteiger partial charge in [-0.1, -0.05) is 13.3 Å². The van der Waals surface area contributed by atoms with Gasteiger partial charge in [0.1, 0.15) is 5.92 Å². The van der Waals surface area contributed by atoms with E-state index in [4.69, 9.17) is 5.11 Å². The van der Waals surface area contributed by atoms with Gasteiger partial charge >= 0.3 is 0 Å². The van der Waals surface area contributed by atoms with Crippen molar-refractivity contribution in [1.82, 2.24) is 5.01 Å². The van der Waals surface area contributed by atoms with Crippen LogP contribution in [-0.2, 0) is 4.79 Å². The van der Waals surface area contributed by atoms with E-state index in [1.807, 2.05) is 0 Å². The third-order valence-corrected chi connectivity index (χ3v) is 2.16. The van der Waals surface area contributed by atoms with Crippen LogP contribution in [0.1, 0.15) is 26.2 Å². The van der Waals surface area contributed by atoms with Gasteiger partial charge in [0, 0.05) is 7.05 Å². The Morgan fingerprint density at radius 2 is 2.38 bits per heavy atom. The van der Waals surface area contributed by atoms with Gasteiger partial charge in [0.15, 0.2) is 0 Å². The van der Waals surface area contributed by atoms with E-state index in [1.54, 1.807) is 7.05 Å². The fourth-order valence-corrected chi connectivity index (χ4v) is 1.36. The first-order chi connectivity index (χ1) is 6.20. The average Bonchev–Trinajstić information content (AvgIpc) is 2.39. The topological polar surface area (TPSA) is 52.9 Å². The molecule has 0 aromatic rings. The molecule has 0 spiro atoms. The molecule has 1 aliphatic rings. The van der Waals surface area contributed by atoms with Crippen molar-refractivity contribution >= 4 is 11.6 Å². The van der Waals surface area contributed by atoms with E-state index in [0.717, 1.165) is 31.6 Å². The van der Waals surface area contributed by atoms with Crippen molar-refractivity contribution in [2.75, 3.05) is 7.05 Å². The maximum Gasteiger partial charge on any atom is 0.253 e. The molecular weight excluding hydrogens is 168 g/mol. The molecule has 0 saturated heterocycles. The van der Waals surface area contributed by atoms with E-state index in [0.29, 0.717) is 0 Å². The molecule has 73 valence electrons. The standard InChI is InChI=1S/C9H15N2O2/c1-3-4-5-8-7(6-12)9(13)11(2)10-8/h6-7,12H,3-5H2,1-2H3. The Balaban J connectivity index is 2.61. The molecule has 4 heteroatoms. The summed E-state index contributed by atoms with van der Waals surface area (Å²) in [5, 5.41) is 14.2. The highest BCUT2D eigenvalue weighted by molar-refractivity contribution is 6.08. The van der Waals surface area contributed by atoms with Crippen LogP contribution in [0.25, 0.3) is 0 Å². The van der Waals surface area contributed by atoms with Crippen molar-refractivity contribution in [3.8, 4) is 0 Å². The summed E-state index contributed by atoms with van der Waals surface area (Å²) in [5.74, 6) is -0.648. The van der Waals surface area contributed by atoms with E-state index in [2.05, 4.69) is 12.0 Å². The van der Waals surface area contributed by atoms with Crippen LogP contribution in [0.2, 0.25) is 0 Å². The van der Waals surface area contributed by atoms with Crippen LogP contribution in [0.4, 0.5) is 0 Å². The van der Waals surface area contributed by atoms with E-state index in [1.165, 1.54) is 5.01 Å². The molecule has 0 aromatic carbocycles. The molecule has 1 rings (SSSR count). The van der Waals surface area contributed by atoms with Crippen LogP contribution in [0.3, 0.4) is 0 Å². The minimum atomic E-state index is -0.503. The molecule has 1 atom stereocenters. The maximum absolute atomic E-state index is 11.3. The molecule has 0 aliphatic carbocycles. The molecule has 1 unspecified atom stereocenters. The van der Waals surface area contributed by atoms with Crippen molar-refractivity contribution in [2.45, 2.75) is 26.2 Å². The van der Waals surface area contributed by atoms with Crippen molar-refractivity contribution < 1.29 is 9.90 Å². The number of carbonyl (C=O) groups is 1. The summed E-state index contributed by atoms with van der Waals surface area (Å²) in [6, 6.07) is 0. The van der Waals surface area contributed by atoms with Crippen molar-refractivity contribution in [2.24, 2.45) is 11.0 Å². The summed E-state index contributed by atoms with van der Waals surface area (Å²) < 4.78 is 0. The molecule has 0 saturated carbocycles. The largest absolute Gasteiger partial charge is 0.389 e. The number of aliphatic hydroxyl groups excluding tert-OH is 1. The predicted octanol–water partition coefficient (Wildman–Crippen LogP) is 1.16. The van der Waals surface area contributed by atoms with Crippen LogP contribution in [0.15, 0.2) is 5.10 Å². The summed E-state index contributed by atoms with van der Waals surface area (Å²) in [6.45, 7) is 3.01. The van der Waals surface area contributed by atoms with Gasteiger partial charge in [-0.3, -0.25) is 4.79 Å². The van der Waals surface area contributed by atoms with Crippen molar-refractivity contribution in [3.05, 3.63) is 6.61 Å². The number of amides is 1. The van der Waals surface area contributed by atoms with Gasteiger partial charge in [-0.2, -0.15) is 5.10 Å². The van der Waals surface area contributed by atoms with Crippen LogP contribution in [-0.4, -0.2) is 28.8 Å². The SMILES string of the molecule is CCCCC1=NN(C)C(=O)C1[CH]O.